The van der Waals surface area contributed by atoms with E-state index < -0.39 is 0 Å². The van der Waals surface area contributed by atoms with E-state index in [-0.39, 0.29) is 0 Å². The van der Waals surface area contributed by atoms with Crippen molar-refractivity contribution in [1.29, 1.82) is 0 Å². The fourth-order valence-electron chi connectivity index (χ4n) is 6.34. The second kappa shape index (κ2) is 9.55. The lowest BCUT2D eigenvalue weighted by atomic mass is 9.93. The van der Waals surface area contributed by atoms with Crippen LogP contribution < -0.4 is 0 Å². The van der Waals surface area contributed by atoms with Gasteiger partial charge in [0.1, 0.15) is 0 Å². The molecule has 4 heterocycles. The van der Waals surface area contributed by atoms with E-state index in [4.69, 9.17) is 0 Å². The monoisotopic (exact) mass is 473 g/mol. The van der Waals surface area contributed by atoms with Gasteiger partial charge in [0.15, 0.2) is 0 Å². The molecule has 6 nitrogen and oxygen atoms in total. The number of hydrogen-bond acceptors (Lipinski definition) is 4. The van der Waals surface area contributed by atoms with Crippen LogP contribution in [0.5, 0.6) is 0 Å². The average Bonchev–Trinajstić information content (AvgIpc) is 3.66. The number of hydrogen-bond donors (Lipinski definition) is 0. The van der Waals surface area contributed by atoms with E-state index in [0.29, 0.717) is 30.0 Å². The first-order valence-corrected chi connectivity index (χ1v) is 13.7. The quantitative estimate of drug-likeness (QED) is 0.619. The first-order valence-electron chi connectivity index (χ1n) is 13.7. The van der Waals surface area contributed by atoms with E-state index >= 15 is 0 Å². The number of nitrogens with zero attached hydrogens (tertiary/aromatic N) is 5. The number of carbonyl (C=O) groups excluding carboxylic acids is 1. The van der Waals surface area contributed by atoms with Crippen LogP contribution in [0.4, 0.5) is 0 Å². The molecule has 2 atom stereocenters. The van der Waals surface area contributed by atoms with E-state index in [9.17, 15) is 4.79 Å². The topological polar surface area (TPSA) is 44.1 Å². The van der Waals surface area contributed by atoms with Gasteiger partial charge >= 0.3 is 0 Å². The minimum absolute atomic E-state index is 0.320. The molecule has 1 aromatic heterocycles. The zero-order chi connectivity index (χ0) is 23.9. The van der Waals surface area contributed by atoms with Crippen molar-refractivity contribution in [3.05, 3.63) is 47.8 Å². The molecule has 6 rings (SSSR count). The Morgan fingerprint density at radius 2 is 1.69 bits per heavy atom. The number of aromatic nitrogens is 1. The van der Waals surface area contributed by atoms with Gasteiger partial charge in [-0.2, -0.15) is 5.10 Å². The molecule has 35 heavy (non-hydrogen) atoms. The second-order valence-electron chi connectivity index (χ2n) is 11.1. The van der Waals surface area contributed by atoms with E-state index in [1.165, 1.54) is 48.2 Å². The van der Waals surface area contributed by atoms with Crippen LogP contribution in [0, 0.1) is 5.92 Å². The van der Waals surface area contributed by atoms with Gasteiger partial charge in [0.05, 0.1) is 11.7 Å². The molecule has 186 valence electrons. The number of benzene rings is 1. The maximum atomic E-state index is 12.5. The Bertz CT molecular complexity index is 1070. The third kappa shape index (κ3) is 4.58. The lowest BCUT2D eigenvalue weighted by Gasteiger charge is -2.39. The minimum atomic E-state index is 0.320. The highest BCUT2D eigenvalue weighted by atomic mass is 16.2. The first kappa shape index (κ1) is 23.0. The first-order chi connectivity index (χ1) is 17.1. The van der Waals surface area contributed by atoms with E-state index in [1.807, 2.05) is 0 Å². The molecule has 3 fully saturated rings. The van der Waals surface area contributed by atoms with Crippen LogP contribution in [-0.2, 0) is 4.79 Å². The Balaban J connectivity index is 1.16. The largest absolute Gasteiger partial charge is 0.340 e. The van der Waals surface area contributed by atoms with Crippen molar-refractivity contribution in [2.45, 2.75) is 70.5 Å². The van der Waals surface area contributed by atoms with E-state index in [2.05, 4.69) is 81.1 Å². The van der Waals surface area contributed by atoms with Crippen molar-refractivity contribution in [2.24, 2.45) is 11.0 Å². The second-order valence-corrected chi connectivity index (χ2v) is 11.1. The van der Waals surface area contributed by atoms with Gasteiger partial charge in [-0.3, -0.25) is 14.6 Å². The number of likely N-dealkylation sites (tertiary alicyclic amines) is 1. The van der Waals surface area contributed by atoms with Crippen molar-refractivity contribution >= 4 is 12.1 Å². The third-order valence-corrected chi connectivity index (χ3v) is 8.54. The van der Waals surface area contributed by atoms with Gasteiger partial charge < -0.3 is 4.90 Å². The smallest absolute Gasteiger partial charge is 0.225 e. The Hall–Kier alpha value is -2.44. The van der Waals surface area contributed by atoms with Crippen molar-refractivity contribution in [3.8, 4) is 11.1 Å². The summed E-state index contributed by atoms with van der Waals surface area (Å²) in [4.78, 5) is 19.7. The number of piperazine rings is 1. The predicted molar refractivity (Wildman–Crippen MR) is 140 cm³/mol. The highest BCUT2D eigenvalue weighted by Gasteiger charge is 2.36. The molecule has 1 aromatic carbocycles. The van der Waals surface area contributed by atoms with Crippen molar-refractivity contribution < 1.29 is 4.79 Å². The normalized spacial score (nSPS) is 25.7. The van der Waals surface area contributed by atoms with Gasteiger partial charge in [0, 0.05) is 68.6 Å². The molecule has 6 heteroatoms. The molecule has 0 radical (unpaired) electrons. The maximum Gasteiger partial charge on any atom is 0.225 e. The molecule has 0 N–H and O–H groups in total. The fraction of sp³-hybridized carbons (Fsp3) is 0.586. The molecule has 2 saturated heterocycles. The van der Waals surface area contributed by atoms with Crippen LogP contribution in [-0.4, -0.2) is 70.3 Å². The van der Waals surface area contributed by atoms with Gasteiger partial charge in [0.2, 0.25) is 5.91 Å². The van der Waals surface area contributed by atoms with Gasteiger partial charge in [-0.1, -0.05) is 30.7 Å². The Morgan fingerprint density at radius 3 is 2.40 bits per heavy atom. The molecule has 4 aliphatic rings. The van der Waals surface area contributed by atoms with E-state index in [0.717, 1.165) is 45.4 Å². The highest BCUT2D eigenvalue weighted by molar-refractivity contribution is 5.81. The summed E-state index contributed by atoms with van der Waals surface area (Å²) in [7, 11) is 0. The summed E-state index contributed by atoms with van der Waals surface area (Å²) in [6.45, 7) is 9.44. The van der Waals surface area contributed by atoms with Crippen molar-refractivity contribution in [2.75, 3.05) is 32.7 Å². The molecule has 1 amide bonds. The maximum absolute atomic E-state index is 12.5. The van der Waals surface area contributed by atoms with Crippen molar-refractivity contribution in [1.82, 2.24) is 19.4 Å². The zero-order valence-electron chi connectivity index (χ0n) is 21.3. The summed E-state index contributed by atoms with van der Waals surface area (Å²) in [5.41, 5.74) is 5.21. The van der Waals surface area contributed by atoms with Crippen LogP contribution in [0.3, 0.4) is 0 Å². The molecule has 0 spiro atoms. The lowest BCUT2D eigenvalue weighted by Crippen LogP contribution is -2.50. The summed E-state index contributed by atoms with van der Waals surface area (Å²) in [5.74, 6) is 0.704. The number of carbonyl (C=O) groups is 1. The fourth-order valence-corrected chi connectivity index (χ4v) is 6.34. The van der Waals surface area contributed by atoms with Gasteiger partial charge in [0.25, 0.3) is 0 Å². The Morgan fingerprint density at radius 1 is 0.914 bits per heavy atom. The predicted octanol–water partition coefficient (Wildman–Crippen LogP) is 4.92. The van der Waals surface area contributed by atoms with Crippen LogP contribution in [0.25, 0.3) is 11.1 Å². The Kier molecular flexibility index (Phi) is 6.27. The molecule has 1 saturated carbocycles. The molecule has 1 aliphatic carbocycles. The van der Waals surface area contributed by atoms with Crippen LogP contribution in [0.1, 0.15) is 75.7 Å². The van der Waals surface area contributed by atoms with Crippen LogP contribution >= 0.6 is 0 Å². The molecular formula is C29H39N5O. The van der Waals surface area contributed by atoms with Gasteiger partial charge in [-0.25, -0.2) is 4.68 Å². The van der Waals surface area contributed by atoms with E-state index in [1.54, 1.807) is 0 Å². The standard InChI is InChI=1S/C29H39N5O/c1-21(2)33-14-4-3-5-26(33)23-8-6-22(7-9-23)25-19-28-27(12-13-30-34(28)20-25)31-15-17-32(18-16-31)29(35)24-10-11-24/h6-9,13,19-21,24,26-27H,3-5,10-12,14-18H2,1-2H3. The van der Waals surface area contributed by atoms with Gasteiger partial charge in [-0.05, 0) is 63.3 Å². The summed E-state index contributed by atoms with van der Waals surface area (Å²) < 4.78 is 2.07. The number of piperidine rings is 1. The number of amides is 1. The summed E-state index contributed by atoms with van der Waals surface area (Å²) in [6.07, 6.45) is 11.2. The summed E-state index contributed by atoms with van der Waals surface area (Å²) >= 11 is 0. The Labute approximate surface area is 209 Å². The van der Waals surface area contributed by atoms with Crippen LogP contribution in [0.15, 0.2) is 41.6 Å². The van der Waals surface area contributed by atoms with Crippen LogP contribution in [0.2, 0.25) is 0 Å². The minimum Gasteiger partial charge on any atom is -0.340 e. The molecule has 3 aliphatic heterocycles. The molecule has 2 unspecified atom stereocenters. The zero-order valence-corrected chi connectivity index (χ0v) is 21.3. The number of fused-ring (bicyclic) bond motifs is 1. The SMILES string of the molecule is CC(C)N1CCCCC1c1ccc(-c2cc3n(c2)N=CCC3N2CCN(C(=O)C3CC3)CC2)cc1. The average molecular weight is 474 g/mol. The molecule has 2 aromatic rings. The summed E-state index contributed by atoms with van der Waals surface area (Å²) in [5, 5.41) is 4.67. The summed E-state index contributed by atoms with van der Waals surface area (Å²) in [6, 6.07) is 13.1. The lowest BCUT2D eigenvalue weighted by molar-refractivity contribution is -0.134. The highest BCUT2D eigenvalue weighted by Crippen LogP contribution is 2.36. The van der Waals surface area contributed by atoms with Crippen molar-refractivity contribution in [3.63, 3.8) is 0 Å². The number of rotatable bonds is 5. The van der Waals surface area contributed by atoms with Gasteiger partial charge in [-0.15, -0.1) is 0 Å². The third-order valence-electron chi connectivity index (χ3n) is 8.54. The molecular weight excluding hydrogens is 434 g/mol. The molecule has 0 bridgehead atoms.